The van der Waals surface area contributed by atoms with E-state index in [2.05, 4.69) is 38.2 Å². The third kappa shape index (κ3) is 6.77. The first-order valence-corrected chi connectivity index (χ1v) is 9.14. The van der Waals surface area contributed by atoms with Crippen molar-refractivity contribution in [3.63, 3.8) is 0 Å². The lowest BCUT2D eigenvalue weighted by atomic mass is 9.87. The van der Waals surface area contributed by atoms with Crippen molar-refractivity contribution in [2.75, 3.05) is 6.61 Å². The van der Waals surface area contributed by atoms with E-state index in [-0.39, 0.29) is 11.3 Å². The fourth-order valence-electron chi connectivity index (χ4n) is 2.55. The first-order chi connectivity index (χ1) is 12.8. The van der Waals surface area contributed by atoms with Crippen molar-refractivity contribution in [1.29, 1.82) is 0 Å². The van der Waals surface area contributed by atoms with Crippen molar-refractivity contribution in [2.45, 2.75) is 45.6 Å². The van der Waals surface area contributed by atoms with Crippen LogP contribution in [0.1, 0.15) is 55.1 Å². The Balaban J connectivity index is 1.66. The molecule has 5 heteroatoms. The number of ether oxygens (including phenoxy) is 1. The van der Waals surface area contributed by atoms with Crippen LogP contribution in [0.2, 0.25) is 0 Å². The molecule has 2 amide bonds. The van der Waals surface area contributed by atoms with Crippen molar-refractivity contribution in [3.05, 3.63) is 65.2 Å². The molecule has 0 saturated carbocycles. The van der Waals surface area contributed by atoms with Crippen LogP contribution in [-0.2, 0) is 16.8 Å². The molecule has 2 rings (SSSR count). The van der Waals surface area contributed by atoms with E-state index in [0.29, 0.717) is 31.6 Å². The van der Waals surface area contributed by atoms with Crippen LogP contribution < -0.4 is 15.8 Å². The number of hydrogen-bond acceptors (Lipinski definition) is 3. The Labute approximate surface area is 160 Å². The van der Waals surface area contributed by atoms with Gasteiger partial charge in [0.25, 0.3) is 0 Å². The van der Waals surface area contributed by atoms with Crippen LogP contribution in [0.5, 0.6) is 5.75 Å². The molecular formula is C22H28N2O3. The van der Waals surface area contributed by atoms with Gasteiger partial charge in [0.05, 0.1) is 6.61 Å². The summed E-state index contributed by atoms with van der Waals surface area (Å²) < 4.78 is 5.70. The number of rotatable bonds is 8. The maximum atomic E-state index is 11.9. The largest absolute Gasteiger partial charge is 0.494 e. The molecule has 0 saturated heterocycles. The number of hydrogen-bond donors (Lipinski definition) is 2. The summed E-state index contributed by atoms with van der Waals surface area (Å²) in [6.45, 7) is 7.44. The van der Waals surface area contributed by atoms with Crippen LogP contribution >= 0.6 is 0 Å². The monoisotopic (exact) mass is 368 g/mol. The molecule has 3 N–H and O–H groups in total. The first-order valence-electron chi connectivity index (χ1n) is 9.14. The van der Waals surface area contributed by atoms with Gasteiger partial charge in [0.1, 0.15) is 5.75 Å². The molecule has 0 heterocycles. The molecule has 0 spiro atoms. The van der Waals surface area contributed by atoms with E-state index in [1.165, 1.54) is 5.56 Å². The van der Waals surface area contributed by atoms with Crippen LogP contribution in [0.25, 0.3) is 0 Å². The van der Waals surface area contributed by atoms with Gasteiger partial charge in [-0.2, -0.15) is 0 Å². The van der Waals surface area contributed by atoms with E-state index in [0.717, 1.165) is 11.3 Å². The van der Waals surface area contributed by atoms with E-state index in [4.69, 9.17) is 10.5 Å². The van der Waals surface area contributed by atoms with Crippen molar-refractivity contribution in [2.24, 2.45) is 5.73 Å². The van der Waals surface area contributed by atoms with Gasteiger partial charge >= 0.3 is 0 Å². The lowest BCUT2D eigenvalue weighted by Crippen LogP contribution is -2.23. The Hall–Kier alpha value is -2.82. The van der Waals surface area contributed by atoms with Crippen LogP contribution in [0.15, 0.2) is 48.5 Å². The summed E-state index contributed by atoms with van der Waals surface area (Å²) in [5.41, 5.74) is 7.96. The predicted octanol–water partition coefficient (Wildman–Crippen LogP) is 3.56. The molecule has 0 unspecified atom stereocenters. The summed E-state index contributed by atoms with van der Waals surface area (Å²) in [5, 5.41) is 2.86. The van der Waals surface area contributed by atoms with Gasteiger partial charge < -0.3 is 15.8 Å². The second kappa shape index (κ2) is 9.21. The third-order valence-corrected chi connectivity index (χ3v) is 4.27. The topological polar surface area (TPSA) is 81.4 Å². The Morgan fingerprint density at radius 3 is 2.19 bits per heavy atom. The number of nitrogens with two attached hydrogens (primary N) is 1. The number of benzene rings is 2. The van der Waals surface area contributed by atoms with E-state index >= 15 is 0 Å². The quantitative estimate of drug-likeness (QED) is 0.699. The highest BCUT2D eigenvalue weighted by atomic mass is 16.5. The summed E-state index contributed by atoms with van der Waals surface area (Å²) >= 11 is 0. The molecule has 0 atom stereocenters. The smallest absolute Gasteiger partial charge is 0.248 e. The maximum Gasteiger partial charge on any atom is 0.248 e. The molecule has 0 fully saturated rings. The summed E-state index contributed by atoms with van der Waals surface area (Å²) in [6.07, 6.45) is 1.05. The molecule has 2 aromatic rings. The highest BCUT2D eigenvalue weighted by molar-refractivity contribution is 5.92. The zero-order valence-corrected chi connectivity index (χ0v) is 16.2. The van der Waals surface area contributed by atoms with Crippen LogP contribution in [0.4, 0.5) is 0 Å². The SMILES string of the molecule is CC(C)(C)c1ccc(OCCCC(=O)NCc2ccc(C(N)=O)cc2)cc1. The van der Waals surface area contributed by atoms with Gasteiger partial charge in [-0.05, 0) is 47.2 Å². The number of carbonyl (C=O) groups is 2. The number of amides is 2. The number of primary amides is 1. The minimum Gasteiger partial charge on any atom is -0.494 e. The Kier molecular flexibility index (Phi) is 6.99. The van der Waals surface area contributed by atoms with Crippen LogP contribution in [-0.4, -0.2) is 18.4 Å². The molecule has 2 aromatic carbocycles. The molecule has 27 heavy (non-hydrogen) atoms. The minimum absolute atomic E-state index is 0.0272. The molecule has 0 aliphatic rings. The van der Waals surface area contributed by atoms with Gasteiger partial charge in [0.2, 0.25) is 11.8 Å². The van der Waals surface area contributed by atoms with E-state index in [9.17, 15) is 9.59 Å². The van der Waals surface area contributed by atoms with E-state index < -0.39 is 5.91 Å². The third-order valence-electron chi connectivity index (χ3n) is 4.27. The summed E-state index contributed by atoms with van der Waals surface area (Å²) in [7, 11) is 0. The lowest BCUT2D eigenvalue weighted by Gasteiger charge is -2.19. The van der Waals surface area contributed by atoms with Gasteiger partial charge in [-0.1, -0.05) is 45.0 Å². The zero-order valence-electron chi connectivity index (χ0n) is 16.2. The molecule has 0 bridgehead atoms. The Bertz CT molecular complexity index is 760. The Morgan fingerprint density at radius 1 is 1.00 bits per heavy atom. The standard InChI is InChI=1S/C22H28N2O3/c1-22(2,3)18-10-12-19(13-11-18)27-14-4-5-20(25)24-15-16-6-8-17(9-7-16)21(23)26/h6-13H,4-5,14-15H2,1-3H3,(H2,23,26)(H,24,25). The van der Waals surface area contributed by atoms with Crippen LogP contribution in [0, 0.1) is 0 Å². The van der Waals surface area contributed by atoms with Gasteiger partial charge in [-0.3, -0.25) is 9.59 Å². The molecule has 0 radical (unpaired) electrons. The van der Waals surface area contributed by atoms with Gasteiger partial charge in [0, 0.05) is 18.5 Å². The fourth-order valence-corrected chi connectivity index (χ4v) is 2.55. The average molecular weight is 368 g/mol. The van der Waals surface area contributed by atoms with Crippen LogP contribution in [0.3, 0.4) is 0 Å². The second-order valence-electron chi connectivity index (χ2n) is 7.56. The number of carbonyl (C=O) groups excluding carboxylic acids is 2. The lowest BCUT2D eigenvalue weighted by molar-refractivity contribution is -0.121. The Morgan fingerprint density at radius 2 is 1.63 bits per heavy atom. The zero-order chi connectivity index (χ0) is 19.9. The van der Waals surface area contributed by atoms with Crippen molar-refractivity contribution >= 4 is 11.8 Å². The molecule has 0 aliphatic carbocycles. The van der Waals surface area contributed by atoms with Gasteiger partial charge in [-0.15, -0.1) is 0 Å². The fraction of sp³-hybridized carbons (Fsp3) is 0.364. The average Bonchev–Trinajstić information content (AvgIpc) is 2.63. The van der Waals surface area contributed by atoms with Gasteiger partial charge in [0.15, 0.2) is 0 Å². The maximum absolute atomic E-state index is 11.9. The molecule has 0 aliphatic heterocycles. The van der Waals surface area contributed by atoms with Gasteiger partial charge in [-0.25, -0.2) is 0 Å². The second-order valence-corrected chi connectivity index (χ2v) is 7.56. The van der Waals surface area contributed by atoms with Crippen molar-refractivity contribution < 1.29 is 14.3 Å². The predicted molar refractivity (Wildman–Crippen MR) is 107 cm³/mol. The minimum atomic E-state index is -0.460. The van der Waals surface area contributed by atoms with E-state index in [1.807, 2.05) is 12.1 Å². The number of nitrogens with one attached hydrogen (secondary N) is 1. The summed E-state index contributed by atoms with van der Waals surface area (Å²) in [5.74, 6) is 0.331. The normalized spacial score (nSPS) is 11.1. The molecular weight excluding hydrogens is 340 g/mol. The molecule has 0 aromatic heterocycles. The van der Waals surface area contributed by atoms with E-state index in [1.54, 1.807) is 24.3 Å². The highest BCUT2D eigenvalue weighted by Crippen LogP contribution is 2.24. The van der Waals surface area contributed by atoms with Crippen molar-refractivity contribution in [3.8, 4) is 5.75 Å². The highest BCUT2D eigenvalue weighted by Gasteiger charge is 2.13. The summed E-state index contributed by atoms with van der Waals surface area (Å²) in [4.78, 5) is 22.9. The first kappa shape index (κ1) is 20.5. The molecule has 5 nitrogen and oxygen atoms in total. The van der Waals surface area contributed by atoms with Crippen molar-refractivity contribution in [1.82, 2.24) is 5.32 Å². The molecule has 144 valence electrons. The summed E-state index contributed by atoms with van der Waals surface area (Å²) in [6, 6.07) is 15.0.